The molecule has 0 fully saturated rings. The third kappa shape index (κ3) is 5.66. The Morgan fingerprint density at radius 3 is 2.67 bits per heavy atom. The van der Waals surface area contributed by atoms with Crippen LogP contribution in [0.1, 0.15) is 31.7 Å². The van der Waals surface area contributed by atoms with E-state index in [-0.39, 0.29) is 18.9 Å². The zero-order chi connectivity index (χ0) is 21.5. The van der Waals surface area contributed by atoms with Crippen LogP contribution in [0.25, 0.3) is 5.65 Å². The number of fused-ring (bicyclic) bond motifs is 1. The molecule has 1 unspecified atom stereocenters. The van der Waals surface area contributed by atoms with Gasteiger partial charge in [-0.1, -0.05) is 23.7 Å². The first-order chi connectivity index (χ1) is 14.5. The van der Waals surface area contributed by atoms with Crippen molar-refractivity contribution < 1.29 is 14.3 Å². The number of benzene rings is 1. The number of hydrogen-bond acceptors (Lipinski definition) is 7. The van der Waals surface area contributed by atoms with Crippen LogP contribution < -0.4 is 10.6 Å². The molecule has 0 radical (unpaired) electrons. The van der Waals surface area contributed by atoms with Gasteiger partial charge in [-0.3, -0.25) is 4.79 Å². The van der Waals surface area contributed by atoms with Gasteiger partial charge in [0.2, 0.25) is 5.91 Å². The second-order valence-electron chi connectivity index (χ2n) is 6.63. The maximum absolute atomic E-state index is 12.1. The third-order valence-electron chi connectivity index (χ3n) is 4.31. The number of anilines is 1. The molecular formula is C20H23ClN6O3. The summed E-state index contributed by atoms with van der Waals surface area (Å²) in [5, 5.41) is 19.3. The van der Waals surface area contributed by atoms with Gasteiger partial charge >= 0.3 is 5.97 Å². The molecule has 0 aliphatic heterocycles. The van der Waals surface area contributed by atoms with Crippen molar-refractivity contribution in [3.8, 4) is 0 Å². The number of hydrogen-bond donors (Lipinski definition) is 2. The summed E-state index contributed by atoms with van der Waals surface area (Å²) in [5.74, 6) is 0.471. The van der Waals surface area contributed by atoms with E-state index < -0.39 is 12.0 Å². The third-order valence-corrected chi connectivity index (χ3v) is 4.56. The second-order valence-corrected chi connectivity index (χ2v) is 7.06. The monoisotopic (exact) mass is 430 g/mol. The molecule has 10 heteroatoms. The Bertz CT molecular complexity index is 1020. The minimum Gasteiger partial charge on any atom is -0.464 e. The van der Waals surface area contributed by atoms with E-state index in [2.05, 4.69) is 25.9 Å². The minimum absolute atomic E-state index is 0.147. The Balaban J connectivity index is 1.59. The Morgan fingerprint density at radius 2 is 1.93 bits per heavy atom. The molecule has 9 nitrogen and oxygen atoms in total. The molecule has 0 aliphatic rings. The van der Waals surface area contributed by atoms with Gasteiger partial charge in [-0.2, -0.15) is 4.52 Å². The topological polar surface area (TPSA) is 111 Å². The summed E-state index contributed by atoms with van der Waals surface area (Å²) < 4.78 is 6.49. The molecule has 0 saturated carbocycles. The van der Waals surface area contributed by atoms with Crippen molar-refractivity contribution >= 4 is 34.9 Å². The lowest BCUT2D eigenvalue weighted by Gasteiger charge is -2.12. The van der Waals surface area contributed by atoms with Crippen LogP contribution >= 0.6 is 11.6 Å². The van der Waals surface area contributed by atoms with E-state index in [1.165, 1.54) is 0 Å². The summed E-state index contributed by atoms with van der Waals surface area (Å²) in [7, 11) is 0. The Hall–Kier alpha value is -3.20. The van der Waals surface area contributed by atoms with Gasteiger partial charge in [-0.15, -0.1) is 15.3 Å². The first kappa shape index (κ1) is 21.5. The van der Waals surface area contributed by atoms with Crippen molar-refractivity contribution in [2.75, 3.05) is 11.9 Å². The summed E-state index contributed by atoms with van der Waals surface area (Å²) in [5.41, 5.74) is 1.65. The highest BCUT2D eigenvalue weighted by atomic mass is 35.5. The maximum Gasteiger partial charge on any atom is 0.328 e. The van der Waals surface area contributed by atoms with E-state index in [1.54, 1.807) is 24.4 Å². The zero-order valence-corrected chi connectivity index (χ0v) is 17.5. The van der Waals surface area contributed by atoms with Crippen LogP contribution in [0.5, 0.6) is 0 Å². The van der Waals surface area contributed by atoms with Crippen LogP contribution in [0.2, 0.25) is 5.02 Å². The fourth-order valence-electron chi connectivity index (χ4n) is 2.74. The van der Waals surface area contributed by atoms with Crippen LogP contribution in [0.3, 0.4) is 0 Å². The van der Waals surface area contributed by atoms with Gasteiger partial charge in [-0.05, 0) is 43.7 Å². The van der Waals surface area contributed by atoms with Crippen molar-refractivity contribution in [3.63, 3.8) is 0 Å². The molecule has 0 bridgehead atoms. The Labute approximate surface area is 178 Å². The SMILES string of the molecule is CCOC(=O)C(C)NC(=O)CCc1nnc2ccc(NCc3ccc(Cl)cc3)nn12. The van der Waals surface area contributed by atoms with Gasteiger partial charge in [0, 0.05) is 24.4 Å². The largest absolute Gasteiger partial charge is 0.464 e. The molecular weight excluding hydrogens is 408 g/mol. The number of halogens is 1. The molecule has 2 N–H and O–H groups in total. The number of carbonyl (C=O) groups excluding carboxylic acids is 2. The van der Waals surface area contributed by atoms with E-state index in [1.807, 2.05) is 30.3 Å². The van der Waals surface area contributed by atoms with Gasteiger partial charge in [-0.25, -0.2) is 4.79 Å². The first-order valence-electron chi connectivity index (χ1n) is 9.62. The summed E-state index contributed by atoms with van der Waals surface area (Å²) >= 11 is 5.91. The normalized spacial score (nSPS) is 11.8. The van der Waals surface area contributed by atoms with Gasteiger partial charge in [0.25, 0.3) is 0 Å². The van der Waals surface area contributed by atoms with E-state index in [9.17, 15) is 9.59 Å². The van der Waals surface area contributed by atoms with Crippen molar-refractivity contribution in [1.29, 1.82) is 0 Å². The number of aryl methyl sites for hydroxylation is 1. The molecule has 30 heavy (non-hydrogen) atoms. The summed E-state index contributed by atoms with van der Waals surface area (Å²) in [6, 6.07) is 10.5. The number of ether oxygens (including phenoxy) is 1. The van der Waals surface area contributed by atoms with Crippen LogP contribution in [-0.2, 0) is 27.3 Å². The number of carbonyl (C=O) groups is 2. The zero-order valence-electron chi connectivity index (χ0n) is 16.8. The number of rotatable bonds is 9. The lowest BCUT2D eigenvalue weighted by Crippen LogP contribution is -2.39. The van der Waals surface area contributed by atoms with Crippen molar-refractivity contribution in [3.05, 3.63) is 52.8 Å². The molecule has 1 amide bonds. The van der Waals surface area contributed by atoms with E-state index in [4.69, 9.17) is 16.3 Å². The highest BCUT2D eigenvalue weighted by Gasteiger charge is 2.17. The predicted molar refractivity (Wildman–Crippen MR) is 112 cm³/mol. The van der Waals surface area contributed by atoms with Gasteiger partial charge < -0.3 is 15.4 Å². The Kier molecular flexibility index (Phi) is 7.18. The summed E-state index contributed by atoms with van der Waals surface area (Å²) in [6.07, 6.45) is 0.477. The molecule has 0 saturated heterocycles. The molecule has 0 aliphatic carbocycles. The van der Waals surface area contributed by atoms with Gasteiger partial charge in [0.1, 0.15) is 11.9 Å². The molecule has 1 atom stereocenters. The Morgan fingerprint density at radius 1 is 1.17 bits per heavy atom. The van der Waals surface area contributed by atoms with E-state index in [0.717, 1.165) is 5.56 Å². The smallest absolute Gasteiger partial charge is 0.328 e. The lowest BCUT2D eigenvalue weighted by atomic mass is 10.2. The number of nitrogens with zero attached hydrogens (tertiary/aromatic N) is 4. The van der Waals surface area contributed by atoms with Crippen LogP contribution in [0, 0.1) is 0 Å². The quantitative estimate of drug-likeness (QED) is 0.501. The number of nitrogens with one attached hydrogen (secondary N) is 2. The summed E-state index contributed by atoms with van der Waals surface area (Å²) in [6.45, 7) is 4.16. The number of esters is 1. The second kappa shape index (κ2) is 10.0. The van der Waals surface area contributed by atoms with Crippen LogP contribution in [-0.4, -0.2) is 44.3 Å². The molecule has 3 rings (SSSR count). The average Bonchev–Trinajstić information content (AvgIpc) is 3.14. The van der Waals surface area contributed by atoms with Gasteiger partial charge in [0.15, 0.2) is 11.5 Å². The average molecular weight is 431 g/mol. The molecule has 158 valence electrons. The highest BCUT2D eigenvalue weighted by Crippen LogP contribution is 2.12. The van der Waals surface area contributed by atoms with E-state index >= 15 is 0 Å². The lowest BCUT2D eigenvalue weighted by molar-refractivity contribution is -0.146. The van der Waals surface area contributed by atoms with E-state index in [0.29, 0.717) is 35.3 Å². The predicted octanol–water partition coefficient (Wildman–Crippen LogP) is 2.39. The van der Waals surface area contributed by atoms with Crippen molar-refractivity contribution in [2.45, 2.75) is 39.3 Å². The minimum atomic E-state index is -0.700. The molecule has 3 aromatic rings. The van der Waals surface area contributed by atoms with Crippen LogP contribution in [0.15, 0.2) is 36.4 Å². The molecule has 1 aromatic carbocycles. The standard InChI is InChI=1S/C20H23ClN6O3/c1-3-30-20(29)13(2)23-19(28)11-10-18-25-24-17-9-8-16(26-27(17)18)22-12-14-4-6-15(21)7-5-14/h4-9,13H,3,10-12H2,1-2H3,(H,22,26)(H,23,28). The fourth-order valence-corrected chi connectivity index (χ4v) is 2.87. The summed E-state index contributed by atoms with van der Waals surface area (Å²) in [4.78, 5) is 23.7. The van der Waals surface area contributed by atoms with Gasteiger partial charge in [0.05, 0.1) is 6.61 Å². The number of amides is 1. The molecule has 2 heterocycles. The highest BCUT2D eigenvalue weighted by molar-refractivity contribution is 6.30. The molecule has 2 aromatic heterocycles. The first-order valence-corrected chi connectivity index (χ1v) is 9.99. The maximum atomic E-state index is 12.1. The fraction of sp³-hybridized carbons (Fsp3) is 0.350. The van der Waals surface area contributed by atoms with Crippen molar-refractivity contribution in [1.82, 2.24) is 25.1 Å². The van der Waals surface area contributed by atoms with Crippen molar-refractivity contribution in [2.24, 2.45) is 0 Å². The number of aromatic nitrogens is 4. The molecule has 0 spiro atoms. The van der Waals surface area contributed by atoms with Crippen LogP contribution in [0.4, 0.5) is 5.82 Å².